The quantitative estimate of drug-likeness (QED) is 0.865. The van der Waals surface area contributed by atoms with Crippen molar-refractivity contribution < 1.29 is 0 Å². The molecule has 0 aliphatic carbocycles. The first-order valence-electron chi connectivity index (χ1n) is 8.20. The van der Waals surface area contributed by atoms with Gasteiger partial charge in [0.05, 0.1) is 0 Å². The molecule has 1 saturated heterocycles. The Morgan fingerprint density at radius 2 is 1.91 bits per heavy atom. The zero-order chi connectivity index (χ0) is 15.6. The largest absolute Gasteiger partial charge is 0.399 e. The van der Waals surface area contributed by atoms with Gasteiger partial charge in [-0.3, -0.25) is 4.90 Å². The summed E-state index contributed by atoms with van der Waals surface area (Å²) in [5, 5.41) is 0. The molecule has 116 valence electrons. The average Bonchev–Trinajstić information content (AvgIpc) is 2.52. The molecule has 2 atom stereocenters. The van der Waals surface area contributed by atoms with Crippen molar-refractivity contribution in [3.63, 3.8) is 0 Å². The monoisotopic (exact) mass is 294 g/mol. The molecule has 2 N–H and O–H groups in total. The van der Waals surface area contributed by atoms with Crippen LogP contribution in [0.3, 0.4) is 0 Å². The standard InChI is InChI=1S/C20H26N2/c1-16-14-22(15-17-7-4-3-5-8-17)12-11-20(16,2)18-9-6-10-19(21)13-18/h3-10,13,16H,11-12,14-15,21H2,1-2H3. The van der Waals surface area contributed by atoms with Crippen molar-refractivity contribution in [3.8, 4) is 0 Å². The Morgan fingerprint density at radius 3 is 2.59 bits per heavy atom. The lowest BCUT2D eigenvalue weighted by Crippen LogP contribution is -2.46. The van der Waals surface area contributed by atoms with E-state index < -0.39 is 0 Å². The van der Waals surface area contributed by atoms with E-state index in [1.807, 2.05) is 6.07 Å². The maximum atomic E-state index is 5.99. The van der Waals surface area contributed by atoms with Crippen molar-refractivity contribution in [1.82, 2.24) is 4.90 Å². The van der Waals surface area contributed by atoms with E-state index in [0.29, 0.717) is 5.92 Å². The molecule has 2 nitrogen and oxygen atoms in total. The molecule has 1 aliphatic heterocycles. The number of anilines is 1. The summed E-state index contributed by atoms with van der Waals surface area (Å²) >= 11 is 0. The van der Waals surface area contributed by atoms with Gasteiger partial charge >= 0.3 is 0 Å². The molecule has 0 saturated carbocycles. The summed E-state index contributed by atoms with van der Waals surface area (Å²) in [7, 11) is 0. The Balaban J connectivity index is 1.72. The summed E-state index contributed by atoms with van der Waals surface area (Å²) in [5.74, 6) is 0.617. The van der Waals surface area contributed by atoms with E-state index in [1.165, 1.54) is 17.5 Å². The van der Waals surface area contributed by atoms with Gasteiger partial charge in [-0.05, 0) is 47.6 Å². The van der Waals surface area contributed by atoms with Crippen molar-refractivity contribution >= 4 is 5.69 Å². The minimum Gasteiger partial charge on any atom is -0.399 e. The molecule has 0 aromatic heterocycles. The number of hydrogen-bond donors (Lipinski definition) is 1. The van der Waals surface area contributed by atoms with Crippen LogP contribution in [0.2, 0.25) is 0 Å². The van der Waals surface area contributed by atoms with Gasteiger partial charge < -0.3 is 5.73 Å². The third-order valence-corrected chi connectivity index (χ3v) is 5.36. The Kier molecular flexibility index (Phi) is 4.21. The van der Waals surface area contributed by atoms with Gasteiger partial charge in [0.15, 0.2) is 0 Å². The molecule has 0 radical (unpaired) electrons. The molecule has 2 aromatic carbocycles. The van der Waals surface area contributed by atoms with Crippen molar-refractivity contribution in [3.05, 3.63) is 65.7 Å². The molecule has 22 heavy (non-hydrogen) atoms. The lowest BCUT2D eigenvalue weighted by atomic mass is 9.68. The molecule has 1 aliphatic rings. The second kappa shape index (κ2) is 6.13. The van der Waals surface area contributed by atoms with Gasteiger partial charge in [-0.15, -0.1) is 0 Å². The fourth-order valence-corrected chi connectivity index (χ4v) is 3.62. The van der Waals surface area contributed by atoms with E-state index in [0.717, 1.165) is 25.3 Å². The normalized spacial score (nSPS) is 26.0. The second-order valence-electron chi connectivity index (χ2n) is 6.91. The number of nitrogens with zero attached hydrogens (tertiary/aromatic N) is 1. The maximum absolute atomic E-state index is 5.99. The number of nitrogen functional groups attached to an aromatic ring is 1. The van der Waals surface area contributed by atoms with Gasteiger partial charge in [0.2, 0.25) is 0 Å². The SMILES string of the molecule is CC1CN(Cc2ccccc2)CCC1(C)c1cccc(N)c1. The fraction of sp³-hybridized carbons (Fsp3) is 0.400. The second-order valence-corrected chi connectivity index (χ2v) is 6.91. The zero-order valence-corrected chi connectivity index (χ0v) is 13.6. The highest BCUT2D eigenvalue weighted by Crippen LogP contribution is 2.40. The Morgan fingerprint density at radius 1 is 1.14 bits per heavy atom. The molecule has 2 heteroatoms. The highest BCUT2D eigenvalue weighted by Gasteiger charge is 2.37. The van der Waals surface area contributed by atoms with Gasteiger partial charge in [0.1, 0.15) is 0 Å². The molecular weight excluding hydrogens is 268 g/mol. The van der Waals surface area contributed by atoms with Crippen molar-refractivity contribution in [2.45, 2.75) is 32.2 Å². The number of rotatable bonds is 3. The van der Waals surface area contributed by atoms with Crippen LogP contribution >= 0.6 is 0 Å². The van der Waals surface area contributed by atoms with Crippen LogP contribution in [-0.4, -0.2) is 18.0 Å². The van der Waals surface area contributed by atoms with E-state index in [2.05, 4.69) is 67.3 Å². The van der Waals surface area contributed by atoms with Crippen LogP contribution in [0.25, 0.3) is 0 Å². The Labute approximate surface area is 134 Å². The third-order valence-electron chi connectivity index (χ3n) is 5.36. The van der Waals surface area contributed by atoms with Crippen LogP contribution in [0.4, 0.5) is 5.69 Å². The maximum Gasteiger partial charge on any atom is 0.0316 e. The molecule has 3 rings (SSSR count). The van der Waals surface area contributed by atoms with E-state index in [4.69, 9.17) is 5.73 Å². The van der Waals surface area contributed by atoms with Crippen LogP contribution in [-0.2, 0) is 12.0 Å². The minimum absolute atomic E-state index is 0.225. The van der Waals surface area contributed by atoms with E-state index in [1.54, 1.807) is 0 Å². The smallest absolute Gasteiger partial charge is 0.0316 e. The average molecular weight is 294 g/mol. The van der Waals surface area contributed by atoms with Gasteiger partial charge in [-0.25, -0.2) is 0 Å². The fourth-order valence-electron chi connectivity index (χ4n) is 3.62. The third kappa shape index (κ3) is 3.02. The van der Waals surface area contributed by atoms with Crippen molar-refractivity contribution in [1.29, 1.82) is 0 Å². The highest BCUT2D eigenvalue weighted by molar-refractivity contribution is 5.43. The molecule has 0 bridgehead atoms. The van der Waals surface area contributed by atoms with Crippen LogP contribution in [0.5, 0.6) is 0 Å². The molecule has 1 heterocycles. The first-order valence-corrected chi connectivity index (χ1v) is 8.20. The Hall–Kier alpha value is -1.80. The summed E-state index contributed by atoms with van der Waals surface area (Å²) in [6.45, 7) is 8.11. The highest BCUT2D eigenvalue weighted by atomic mass is 15.1. The molecule has 2 unspecified atom stereocenters. The molecule has 2 aromatic rings. The van der Waals surface area contributed by atoms with Gasteiger partial charge in [0.25, 0.3) is 0 Å². The summed E-state index contributed by atoms with van der Waals surface area (Å²) in [6.07, 6.45) is 1.18. The van der Waals surface area contributed by atoms with E-state index >= 15 is 0 Å². The minimum atomic E-state index is 0.225. The molecular formula is C20H26N2. The predicted octanol–water partition coefficient (Wildman–Crippen LogP) is 4.07. The lowest BCUT2D eigenvalue weighted by molar-refractivity contribution is 0.105. The number of nitrogens with two attached hydrogens (primary N) is 1. The summed E-state index contributed by atoms with van der Waals surface area (Å²) in [4.78, 5) is 2.58. The summed E-state index contributed by atoms with van der Waals surface area (Å²) in [5.41, 5.74) is 9.88. The molecule has 1 fully saturated rings. The zero-order valence-electron chi connectivity index (χ0n) is 13.6. The topological polar surface area (TPSA) is 29.3 Å². The van der Waals surface area contributed by atoms with E-state index in [9.17, 15) is 0 Å². The number of likely N-dealkylation sites (tertiary alicyclic amines) is 1. The van der Waals surface area contributed by atoms with Crippen molar-refractivity contribution in [2.75, 3.05) is 18.8 Å². The van der Waals surface area contributed by atoms with Gasteiger partial charge in [-0.1, -0.05) is 56.3 Å². The van der Waals surface area contributed by atoms with Gasteiger partial charge in [0, 0.05) is 18.8 Å². The molecule has 0 amide bonds. The lowest BCUT2D eigenvalue weighted by Gasteiger charge is -2.45. The van der Waals surface area contributed by atoms with Crippen molar-refractivity contribution in [2.24, 2.45) is 5.92 Å². The number of benzene rings is 2. The van der Waals surface area contributed by atoms with E-state index in [-0.39, 0.29) is 5.41 Å². The van der Waals surface area contributed by atoms with Crippen LogP contribution in [0.1, 0.15) is 31.4 Å². The summed E-state index contributed by atoms with van der Waals surface area (Å²) < 4.78 is 0. The van der Waals surface area contributed by atoms with Crippen LogP contribution in [0.15, 0.2) is 54.6 Å². The first kappa shape index (κ1) is 15.1. The number of piperidine rings is 1. The van der Waals surface area contributed by atoms with Gasteiger partial charge in [-0.2, -0.15) is 0 Å². The molecule has 0 spiro atoms. The van der Waals surface area contributed by atoms with Crippen LogP contribution in [0, 0.1) is 5.92 Å². The Bertz CT molecular complexity index is 623. The predicted molar refractivity (Wildman–Crippen MR) is 93.7 cm³/mol. The first-order chi connectivity index (χ1) is 10.6. The van der Waals surface area contributed by atoms with Crippen LogP contribution < -0.4 is 5.73 Å². The summed E-state index contributed by atoms with van der Waals surface area (Å²) in [6, 6.07) is 19.2. The number of hydrogen-bond acceptors (Lipinski definition) is 2.